The maximum absolute atomic E-state index is 6.16. The van der Waals surface area contributed by atoms with Crippen LogP contribution in [0.3, 0.4) is 0 Å². The van der Waals surface area contributed by atoms with Gasteiger partial charge in [0.2, 0.25) is 0 Å². The number of para-hydroxylation sites is 1. The number of aryl methyl sites for hydroxylation is 1. The Bertz CT molecular complexity index is 641. The molecule has 0 amide bonds. The summed E-state index contributed by atoms with van der Waals surface area (Å²) in [5.74, 6) is 0. The Morgan fingerprint density at radius 2 is 1.74 bits per heavy atom. The van der Waals surface area contributed by atoms with Crippen LogP contribution in [0.1, 0.15) is 23.0 Å². The van der Waals surface area contributed by atoms with Crippen molar-refractivity contribution < 1.29 is 0 Å². The van der Waals surface area contributed by atoms with Crippen molar-refractivity contribution in [3.05, 3.63) is 47.3 Å². The molecule has 3 rings (SSSR count). The second-order valence-electron chi connectivity index (χ2n) is 6.42. The van der Waals surface area contributed by atoms with E-state index in [0.29, 0.717) is 6.54 Å². The van der Waals surface area contributed by atoms with Gasteiger partial charge in [0.05, 0.1) is 17.4 Å². The summed E-state index contributed by atoms with van der Waals surface area (Å²) in [4.78, 5) is 4.88. The monoisotopic (exact) mass is 313 g/mol. The molecule has 1 unspecified atom stereocenters. The quantitative estimate of drug-likeness (QED) is 0.934. The molecule has 2 N–H and O–H groups in total. The lowest BCUT2D eigenvalue weighted by atomic mass is 10.0. The molecule has 124 valence electrons. The van der Waals surface area contributed by atoms with Gasteiger partial charge in [-0.25, -0.2) is 4.68 Å². The Labute approximate surface area is 138 Å². The van der Waals surface area contributed by atoms with Gasteiger partial charge in [0, 0.05) is 44.0 Å². The summed E-state index contributed by atoms with van der Waals surface area (Å²) < 4.78 is 2.05. The van der Waals surface area contributed by atoms with Gasteiger partial charge in [0.15, 0.2) is 0 Å². The van der Waals surface area contributed by atoms with E-state index in [-0.39, 0.29) is 6.04 Å². The molecule has 2 aromatic rings. The van der Waals surface area contributed by atoms with Gasteiger partial charge in [-0.05, 0) is 33.0 Å². The van der Waals surface area contributed by atoms with Crippen LogP contribution in [0.15, 0.2) is 30.3 Å². The number of rotatable bonds is 4. The molecule has 0 aliphatic carbocycles. The standard InChI is InChI=1S/C18H27N5/c1-14-18(17(13-19)22-11-9-21(3)10-12-22)15(2)23(20-14)16-7-5-4-6-8-16/h4-8,17H,9-13,19H2,1-3H3. The topological polar surface area (TPSA) is 50.3 Å². The zero-order valence-corrected chi connectivity index (χ0v) is 14.4. The summed E-state index contributed by atoms with van der Waals surface area (Å²) >= 11 is 0. The van der Waals surface area contributed by atoms with Crippen molar-refractivity contribution in [1.29, 1.82) is 0 Å². The predicted molar refractivity (Wildman–Crippen MR) is 93.9 cm³/mol. The van der Waals surface area contributed by atoms with E-state index >= 15 is 0 Å². The number of nitrogens with zero attached hydrogens (tertiary/aromatic N) is 4. The van der Waals surface area contributed by atoms with Crippen LogP contribution >= 0.6 is 0 Å². The first-order chi connectivity index (χ1) is 11.1. The molecule has 1 aromatic heterocycles. The molecule has 0 saturated carbocycles. The summed E-state index contributed by atoms with van der Waals surface area (Å²) in [5, 5.41) is 4.78. The van der Waals surface area contributed by atoms with Gasteiger partial charge >= 0.3 is 0 Å². The average molecular weight is 313 g/mol. The summed E-state index contributed by atoms with van der Waals surface area (Å²) in [7, 11) is 2.18. The maximum Gasteiger partial charge on any atom is 0.0649 e. The fourth-order valence-electron chi connectivity index (χ4n) is 3.54. The number of aromatic nitrogens is 2. The van der Waals surface area contributed by atoms with E-state index in [1.165, 1.54) is 11.3 Å². The maximum atomic E-state index is 6.16. The highest BCUT2D eigenvalue weighted by Gasteiger charge is 2.27. The van der Waals surface area contributed by atoms with Crippen LogP contribution in [-0.2, 0) is 0 Å². The molecule has 1 fully saturated rings. The first kappa shape index (κ1) is 16.2. The molecule has 1 aromatic carbocycles. The summed E-state index contributed by atoms with van der Waals surface area (Å²) in [5.41, 5.74) is 10.8. The smallest absolute Gasteiger partial charge is 0.0649 e. The molecule has 0 radical (unpaired) electrons. The SMILES string of the molecule is Cc1nn(-c2ccccc2)c(C)c1C(CN)N1CCN(C)CC1. The Kier molecular flexibility index (Phi) is 4.80. The lowest BCUT2D eigenvalue weighted by Gasteiger charge is -2.37. The highest BCUT2D eigenvalue weighted by atomic mass is 15.3. The first-order valence-corrected chi connectivity index (χ1v) is 8.36. The Hall–Kier alpha value is -1.69. The number of nitrogens with two attached hydrogens (primary N) is 1. The van der Waals surface area contributed by atoms with Gasteiger partial charge in [0.1, 0.15) is 0 Å². The van der Waals surface area contributed by atoms with E-state index in [4.69, 9.17) is 10.8 Å². The molecular formula is C18H27N5. The second kappa shape index (κ2) is 6.83. The molecule has 1 aliphatic heterocycles. The van der Waals surface area contributed by atoms with Crippen LogP contribution in [0.2, 0.25) is 0 Å². The Morgan fingerprint density at radius 1 is 1.09 bits per heavy atom. The number of hydrogen-bond acceptors (Lipinski definition) is 4. The van der Waals surface area contributed by atoms with Gasteiger partial charge in [-0.3, -0.25) is 4.90 Å². The second-order valence-corrected chi connectivity index (χ2v) is 6.42. The van der Waals surface area contributed by atoms with Crippen molar-refractivity contribution in [3.63, 3.8) is 0 Å². The molecule has 23 heavy (non-hydrogen) atoms. The van der Waals surface area contributed by atoms with Crippen LogP contribution in [0.4, 0.5) is 0 Å². The highest BCUT2D eigenvalue weighted by Crippen LogP contribution is 2.28. The van der Waals surface area contributed by atoms with Crippen LogP contribution in [-0.4, -0.2) is 59.4 Å². The van der Waals surface area contributed by atoms with Crippen molar-refractivity contribution in [2.24, 2.45) is 5.73 Å². The van der Waals surface area contributed by atoms with Gasteiger partial charge in [-0.15, -0.1) is 0 Å². The normalized spacial score (nSPS) is 18.3. The van der Waals surface area contributed by atoms with Gasteiger partial charge < -0.3 is 10.6 Å². The largest absolute Gasteiger partial charge is 0.329 e. The third-order valence-corrected chi connectivity index (χ3v) is 4.88. The van der Waals surface area contributed by atoms with Crippen molar-refractivity contribution >= 4 is 0 Å². The zero-order valence-electron chi connectivity index (χ0n) is 14.4. The third kappa shape index (κ3) is 3.17. The summed E-state index contributed by atoms with van der Waals surface area (Å²) in [6.45, 7) is 9.21. The molecule has 1 atom stereocenters. The van der Waals surface area contributed by atoms with Crippen LogP contribution < -0.4 is 5.73 Å². The fraction of sp³-hybridized carbons (Fsp3) is 0.500. The number of piperazine rings is 1. The van der Waals surface area contributed by atoms with Crippen LogP contribution in [0, 0.1) is 13.8 Å². The van der Waals surface area contributed by atoms with Crippen molar-refractivity contribution in [1.82, 2.24) is 19.6 Å². The molecule has 0 spiro atoms. The highest BCUT2D eigenvalue weighted by molar-refractivity contribution is 5.38. The lowest BCUT2D eigenvalue weighted by Crippen LogP contribution is -2.47. The summed E-state index contributed by atoms with van der Waals surface area (Å²) in [6, 6.07) is 10.6. The minimum atomic E-state index is 0.251. The van der Waals surface area contributed by atoms with Gasteiger partial charge in [-0.1, -0.05) is 18.2 Å². The minimum absolute atomic E-state index is 0.251. The summed E-state index contributed by atoms with van der Waals surface area (Å²) in [6.07, 6.45) is 0. The number of likely N-dealkylation sites (N-methyl/N-ethyl adjacent to an activating group) is 1. The molecule has 5 heteroatoms. The molecule has 1 saturated heterocycles. The van der Waals surface area contributed by atoms with Gasteiger partial charge in [-0.2, -0.15) is 5.10 Å². The lowest BCUT2D eigenvalue weighted by molar-refractivity contribution is 0.114. The Balaban J connectivity index is 1.94. The number of hydrogen-bond donors (Lipinski definition) is 1. The van der Waals surface area contributed by atoms with Crippen LogP contribution in [0.25, 0.3) is 5.69 Å². The molecule has 1 aliphatic rings. The average Bonchev–Trinajstić information content (AvgIpc) is 2.86. The molecule has 2 heterocycles. The van der Waals surface area contributed by atoms with E-state index in [1.807, 2.05) is 22.9 Å². The fourth-order valence-corrected chi connectivity index (χ4v) is 3.54. The predicted octanol–water partition coefficient (Wildman–Crippen LogP) is 1.74. The van der Waals surface area contributed by atoms with E-state index in [0.717, 1.165) is 37.6 Å². The molecular weight excluding hydrogens is 286 g/mol. The minimum Gasteiger partial charge on any atom is -0.329 e. The van der Waals surface area contributed by atoms with Gasteiger partial charge in [0.25, 0.3) is 0 Å². The van der Waals surface area contributed by atoms with Crippen molar-refractivity contribution in [3.8, 4) is 5.69 Å². The Morgan fingerprint density at radius 3 is 2.35 bits per heavy atom. The molecule has 5 nitrogen and oxygen atoms in total. The first-order valence-electron chi connectivity index (χ1n) is 8.36. The van der Waals surface area contributed by atoms with Crippen molar-refractivity contribution in [2.45, 2.75) is 19.9 Å². The van der Waals surface area contributed by atoms with Crippen molar-refractivity contribution in [2.75, 3.05) is 39.8 Å². The molecule has 0 bridgehead atoms. The van der Waals surface area contributed by atoms with E-state index in [2.05, 4.69) is 42.8 Å². The third-order valence-electron chi connectivity index (χ3n) is 4.88. The van der Waals surface area contributed by atoms with Crippen LogP contribution in [0.5, 0.6) is 0 Å². The number of benzene rings is 1. The van der Waals surface area contributed by atoms with E-state index in [1.54, 1.807) is 0 Å². The van der Waals surface area contributed by atoms with E-state index in [9.17, 15) is 0 Å². The zero-order chi connectivity index (χ0) is 16.4. The van der Waals surface area contributed by atoms with E-state index < -0.39 is 0 Å².